The third kappa shape index (κ3) is 4.02. The highest BCUT2D eigenvalue weighted by Gasteiger charge is 2.29. The van der Waals surface area contributed by atoms with Crippen molar-refractivity contribution >= 4 is 28.6 Å². The van der Waals surface area contributed by atoms with Gasteiger partial charge >= 0.3 is 0 Å². The molecule has 4 nitrogen and oxygen atoms in total. The number of nitrogens with two attached hydrogens (primary N) is 1. The fraction of sp³-hybridized carbons (Fsp3) is 0.438. The zero-order valence-electron chi connectivity index (χ0n) is 12.6. The van der Waals surface area contributed by atoms with E-state index in [-0.39, 0.29) is 5.91 Å². The summed E-state index contributed by atoms with van der Waals surface area (Å²) in [5.41, 5.74) is 6.04. The van der Waals surface area contributed by atoms with Gasteiger partial charge in [-0.25, -0.2) is 0 Å². The smallest absolute Gasteiger partial charge is 0.237 e. The lowest BCUT2D eigenvalue weighted by Gasteiger charge is -2.27. The number of aromatic nitrogens is 1. The lowest BCUT2D eigenvalue weighted by atomic mass is 9.98. The number of hydrogen-bond donors (Lipinski definition) is 3. The second kappa shape index (κ2) is 7.00. The summed E-state index contributed by atoms with van der Waals surface area (Å²) in [6, 6.07) is 10.3. The molecule has 1 atom stereocenters. The van der Waals surface area contributed by atoms with Crippen molar-refractivity contribution in [3.63, 3.8) is 0 Å². The summed E-state index contributed by atoms with van der Waals surface area (Å²) in [7, 11) is 0. The standard InChI is InChI=1S/C16H23N3OS/c1-3-9-18-16(2,15(17)20)8-10-21-14-11-12-6-4-5-7-13(12)19-14/h4-7,11,18-19H,3,8-10H2,1-2H3,(H2,17,20). The molecule has 0 aliphatic heterocycles. The Labute approximate surface area is 129 Å². The normalized spacial score (nSPS) is 14.2. The van der Waals surface area contributed by atoms with Crippen molar-refractivity contribution < 1.29 is 4.79 Å². The van der Waals surface area contributed by atoms with Gasteiger partial charge in [-0.1, -0.05) is 25.1 Å². The highest BCUT2D eigenvalue weighted by molar-refractivity contribution is 7.99. The molecule has 0 aliphatic carbocycles. The average Bonchev–Trinajstić information content (AvgIpc) is 2.87. The molecule has 2 aromatic rings. The zero-order valence-corrected chi connectivity index (χ0v) is 13.4. The number of rotatable bonds is 8. The van der Waals surface area contributed by atoms with Crippen LogP contribution in [0.4, 0.5) is 0 Å². The Morgan fingerprint density at radius 1 is 1.43 bits per heavy atom. The zero-order chi connectivity index (χ0) is 15.3. The van der Waals surface area contributed by atoms with Crippen LogP contribution in [0, 0.1) is 0 Å². The topological polar surface area (TPSA) is 70.9 Å². The van der Waals surface area contributed by atoms with Gasteiger partial charge in [0.2, 0.25) is 5.91 Å². The monoisotopic (exact) mass is 305 g/mol. The van der Waals surface area contributed by atoms with E-state index in [1.54, 1.807) is 11.8 Å². The number of fused-ring (bicyclic) bond motifs is 1. The van der Waals surface area contributed by atoms with E-state index < -0.39 is 5.54 Å². The Kier molecular flexibility index (Phi) is 5.31. The predicted molar refractivity (Wildman–Crippen MR) is 89.5 cm³/mol. The lowest BCUT2D eigenvalue weighted by molar-refractivity contribution is -0.123. The molecule has 21 heavy (non-hydrogen) atoms. The van der Waals surface area contributed by atoms with E-state index in [0.717, 1.165) is 29.3 Å². The molecular formula is C16H23N3OS. The van der Waals surface area contributed by atoms with Crippen LogP contribution in [0.15, 0.2) is 35.4 Å². The van der Waals surface area contributed by atoms with Crippen LogP contribution in [0.3, 0.4) is 0 Å². The molecule has 2 rings (SSSR count). The van der Waals surface area contributed by atoms with Gasteiger partial charge in [0.15, 0.2) is 0 Å². The molecule has 1 aromatic carbocycles. The number of hydrogen-bond acceptors (Lipinski definition) is 3. The predicted octanol–water partition coefficient (Wildman–Crippen LogP) is 2.89. The van der Waals surface area contributed by atoms with E-state index in [1.807, 2.05) is 19.1 Å². The molecule has 0 radical (unpaired) electrons. The molecule has 0 bridgehead atoms. The van der Waals surface area contributed by atoms with Crippen molar-refractivity contribution in [1.82, 2.24) is 10.3 Å². The van der Waals surface area contributed by atoms with Gasteiger partial charge in [0, 0.05) is 16.7 Å². The maximum absolute atomic E-state index is 11.7. The Morgan fingerprint density at radius 2 is 2.19 bits per heavy atom. The number of primary amides is 1. The van der Waals surface area contributed by atoms with Gasteiger partial charge in [-0.3, -0.25) is 4.79 Å². The van der Waals surface area contributed by atoms with Crippen LogP contribution in [0.5, 0.6) is 0 Å². The third-order valence-corrected chi connectivity index (χ3v) is 4.61. The molecule has 0 aliphatic rings. The van der Waals surface area contributed by atoms with E-state index >= 15 is 0 Å². The summed E-state index contributed by atoms with van der Waals surface area (Å²) in [4.78, 5) is 15.0. The van der Waals surface area contributed by atoms with Gasteiger partial charge in [0.1, 0.15) is 0 Å². The average molecular weight is 305 g/mol. The quantitative estimate of drug-likeness (QED) is 0.657. The summed E-state index contributed by atoms with van der Waals surface area (Å²) in [5.74, 6) is 0.552. The number of carbonyl (C=O) groups is 1. The largest absolute Gasteiger partial charge is 0.368 e. The molecule has 1 heterocycles. The molecule has 5 heteroatoms. The number of para-hydroxylation sites is 1. The molecule has 1 unspecified atom stereocenters. The van der Waals surface area contributed by atoms with Crippen molar-refractivity contribution in [3.05, 3.63) is 30.3 Å². The van der Waals surface area contributed by atoms with Crippen LogP contribution in [0.1, 0.15) is 26.7 Å². The molecule has 0 saturated carbocycles. The number of thioether (sulfide) groups is 1. The number of nitrogens with one attached hydrogen (secondary N) is 2. The van der Waals surface area contributed by atoms with Gasteiger partial charge in [0.25, 0.3) is 0 Å². The summed E-state index contributed by atoms with van der Waals surface area (Å²) < 4.78 is 0. The van der Waals surface area contributed by atoms with Gasteiger partial charge in [0.05, 0.1) is 10.6 Å². The Hall–Kier alpha value is -1.46. The van der Waals surface area contributed by atoms with E-state index in [0.29, 0.717) is 6.42 Å². The van der Waals surface area contributed by atoms with Crippen LogP contribution in [0.2, 0.25) is 0 Å². The number of H-pyrrole nitrogens is 1. The SMILES string of the molecule is CCCNC(C)(CCSc1cc2ccccc2[nH]1)C(N)=O. The van der Waals surface area contributed by atoms with Gasteiger partial charge < -0.3 is 16.0 Å². The second-order valence-corrected chi connectivity index (χ2v) is 6.58. The van der Waals surface area contributed by atoms with Gasteiger partial charge in [-0.15, -0.1) is 11.8 Å². The number of carbonyl (C=O) groups excluding carboxylic acids is 1. The Morgan fingerprint density at radius 3 is 2.86 bits per heavy atom. The van der Waals surface area contributed by atoms with E-state index in [2.05, 4.69) is 35.4 Å². The molecule has 1 aromatic heterocycles. The summed E-state index contributed by atoms with van der Waals surface area (Å²) in [6.07, 6.45) is 1.69. The van der Waals surface area contributed by atoms with Crippen molar-refractivity contribution in [1.29, 1.82) is 0 Å². The first-order valence-corrected chi connectivity index (χ1v) is 8.29. The first-order chi connectivity index (χ1) is 10.0. The molecule has 0 spiro atoms. The van der Waals surface area contributed by atoms with Crippen LogP contribution in [-0.4, -0.2) is 28.7 Å². The maximum Gasteiger partial charge on any atom is 0.237 e. The summed E-state index contributed by atoms with van der Waals surface area (Å²) >= 11 is 1.72. The number of amides is 1. The van der Waals surface area contributed by atoms with E-state index in [9.17, 15) is 4.79 Å². The van der Waals surface area contributed by atoms with Crippen molar-refractivity contribution in [3.8, 4) is 0 Å². The third-order valence-electron chi connectivity index (χ3n) is 3.67. The van der Waals surface area contributed by atoms with E-state index in [1.165, 1.54) is 5.39 Å². The van der Waals surface area contributed by atoms with Crippen LogP contribution >= 0.6 is 11.8 Å². The minimum absolute atomic E-state index is 0.284. The molecular weight excluding hydrogens is 282 g/mol. The highest BCUT2D eigenvalue weighted by atomic mass is 32.2. The molecule has 1 amide bonds. The van der Waals surface area contributed by atoms with Crippen LogP contribution in [0.25, 0.3) is 10.9 Å². The minimum atomic E-state index is -0.630. The number of benzene rings is 1. The lowest BCUT2D eigenvalue weighted by Crippen LogP contribution is -2.53. The van der Waals surface area contributed by atoms with E-state index in [4.69, 9.17) is 5.73 Å². The van der Waals surface area contributed by atoms with Crippen molar-refractivity contribution in [2.24, 2.45) is 5.73 Å². The van der Waals surface area contributed by atoms with Gasteiger partial charge in [-0.2, -0.15) is 0 Å². The fourth-order valence-electron chi connectivity index (χ4n) is 2.19. The first kappa shape index (κ1) is 15.9. The molecule has 114 valence electrons. The van der Waals surface area contributed by atoms with Crippen molar-refractivity contribution in [2.75, 3.05) is 12.3 Å². The second-order valence-electron chi connectivity index (χ2n) is 5.44. The maximum atomic E-state index is 11.7. The Bertz CT molecular complexity index is 577. The van der Waals surface area contributed by atoms with Gasteiger partial charge in [-0.05, 0) is 38.4 Å². The van der Waals surface area contributed by atoms with Crippen molar-refractivity contribution in [2.45, 2.75) is 37.3 Å². The Balaban J connectivity index is 1.93. The highest BCUT2D eigenvalue weighted by Crippen LogP contribution is 2.25. The number of aromatic amines is 1. The van der Waals surface area contributed by atoms with Crippen LogP contribution < -0.4 is 11.1 Å². The van der Waals surface area contributed by atoms with Crippen LogP contribution in [-0.2, 0) is 4.79 Å². The molecule has 4 N–H and O–H groups in total. The molecule has 0 saturated heterocycles. The summed E-state index contributed by atoms with van der Waals surface area (Å²) in [5, 5.41) is 5.59. The molecule has 0 fully saturated rings. The summed E-state index contributed by atoms with van der Waals surface area (Å²) in [6.45, 7) is 4.76. The minimum Gasteiger partial charge on any atom is -0.368 e. The fourth-order valence-corrected chi connectivity index (χ4v) is 3.31. The first-order valence-electron chi connectivity index (χ1n) is 7.30.